The second-order valence-electron chi connectivity index (χ2n) is 4.63. The first-order valence-corrected chi connectivity index (χ1v) is 5.45. The fraction of sp³-hybridized carbons (Fsp3) is 0.462. The number of hydrogen-bond donors (Lipinski definition) is 0. The van der Waals surface area contributed by atoms with Crippen molar-refractivity contribution in [1.82, 2.24) is 4.90 Å². The van der Waals surface area contributed by atoms with Gasteiger partial charge in [-0.25, -0.2) is 0 Å². The summed E-state index contributed by atoms with van der Waals surface area (Å²) in [6, 6.07) is 10.5. The van der Waals surface area contributed by atoms with Crippen LogP contribution in [0, 0.1) is 5.41 Å². The van der Waals surface area contributed by atoms with Crippen LogP contribution in [-0.2, 0) is 4.79 Å². The zero-order chi connectivity index (χ0) is 11.1. The molecule has 1 aromatic carbocycles. The number of nitrogens with zero attached hydrogens (tertiary/aromatic N) is 1. The van der Waals surface area contributed by atoms with Gasteiger partial charge in [0, 0.05) is 6.54 Å². The van der Waals surface area contributed by atoms with Crippen LogP contribution in [0.15, 0.2) is 30.3 Å². The molecule has 0 spiro atoms. The van der Waals surface area contributed by atoms with Crippen molar-refractivity contribution in [3.8, 4) is 0 Å². The van der Waals surface area contributed by atoms with Crippen LogP contribution in [0.5, 0.6) is 0 Å². The van der Waals surface area contributed by atoms with E-state index < -0.39 is 0 Å². The summed E-state index contributed by atoms with van der Waals surface area (Å²) in [6.07, 6.45) is 0. The number of hydrogen-bond acceptors (Lipinski definition) is 1. The summed E-state index contributed by atoms with van der Waals surface area (Å²) in [7, 11) is 0. The monoisotopic (exact) mass is 203 g/mol. The van der Waals surface area contributed by atoms with E-state index in [2.05, 4.69) is 12.1 Å². The second-order valence-corrected chi connectivity index (χ2v) is 4.63. The lowest BCUT2D eigenvalue weighted by molar-refractivity contribution is -0.168. The third-order valence-corrected chi connectivity index (χ3v) is 3.26. The van der Waals surface area contributed by atoms with Gasteiger partial charge in [0.15, 0.2) is 0 Å². The quantitative estimate of drug-likeness (QED) is 0.677. The van der Waals surface area contributed by atoms with Crippen molar-refractivity contribution in [1.29, 1.82) is 0 Å². The van der Waals surface area contributed by atoms with Gasteiger partial charge in [0.2, 0.25) is 5.91 Å². The predicted molar refractivity (Wildman–Crippen MR) is 60.4 cm³/mol. The molecule has 0 aromatic heterocycles. The zero-order valence-electron chi connectivity index (χ0n) is 9.53. The highest BCUT2D eigenvalue weighted by atomic mass is 16.2. The molecule has 1 saturated heterocycles. The summed E-state index contributed by atoms with van der Waals surface area (Å²) in [4.78, 5) is 13.8. The molecule has 80 valence electrons. The Morgan fingerprint density at radius 2 is 1.87 bits per heavy atom. The first-order valence-electron chi connectivity index (χ1n) is 5.45. The first-order chi connectivity index (χ1) is 7.09. The smallest absolute Gasteiger partial charge is 0.231 e. The second kappa shape index (κ2) is 3.37. The number of carbonyl (C=O) groups excluding carboxylic acids is 1. The van der Waals surface area contributed by atoms with Crippen molar-refractivity contribution in [3.63, 3.8) is 0 Å². The first kappa shape index (κ1) is 10.2. The number of benzene rings is 1. The molecule has 1 unspecified atom stereocenters. The van der Waals surface area contributed by atoms with Crippen molar-refractivity contribution in [2.75, 3.05) is 6.54 Å². The standard InChI is InChI=1S/C13H17NO/c1-4-14-11(13(2,3)12(14)15)10-8-6-5-7-9-10/h5-9,11H,4H2,1-3H3. The Bertz CT molecular complexity index is 369. The van der Waals surface area contributed by atoms with Gasteiger partial charge in [-0.15, -0.1) is 0 Å². The molecule has 2 heteroatoms. The van der Waals surface area contributed by atoms with Crippen molar-refractivity contribution in [2.24, 2.45) is 5.41 Å². The molecule has 0 saturated carbocycles. The van der Waals surface area contributed by atoms with Gasteiger partial charge in [-0.05, 0) is 26.3 Å². The molecular weight excluding hydrogens is 186 g/mol. The molecule has 1 fully saturated rings. The molecule has 1 aliphatic rings. The normalized spacial score (nSPS) is 23.8. The maximum atomic E-state index is 11.8. The SMILES string of the molecule is CCN1C(=O)C(C)(C)C1c1ccccc1. The topological polar surface area (TPSA) is 20.3 Å². The van der Waals surface area contributed by atoms with Gasteiger partial charge in [0.25, 0.3) is 0 Å². The Kier molecular flexibility index (Phi) is 2.29. The Morgan fingerprint density at radius 3 is 2.40 bits per heavy atom. The fourth-order valence-electron chi connectivity index (χ4n) is 2.49. The van der Waals surface area contributed by atoms with Crippen LogP contribution in [-0.4, -0.2) is 17.4 Å². The maximum absolute atomic E-state index is 11.8. The van der Waals surface area contributed by atoms with E-state index in [1.165, 1.54) is 5.56 Å². The van der Waals surface area contributed by atoms with E-state index >= 15 is 0 Å². The van der Waals surface area contributed by atoms with Crippen molar-refractivity contribution >= 4 is 5.91 Å². The lowest BCUT2D eigenvalue weighted by atomic mass is 9.71. The number of carbonyl (C=O) groups is 1. The minimum atomic E-state index is -0.239. The van der Waals surface area contributed by atoms with Crippen LogP contribution in [0.3, 0.4) is 0 Å². The molecule has 2 rings (SSSR count). The van der Waals surface area contributed by atoms with Crippen molar-refractivity contribution in [2.45, 2.75) is 26.8 Å². The van der Waals surface area contributed by atoms with Crippen LogP contribution in [0.1, 0.15) is 32.4 Å². The molecule has 1 atom stereocenters. The van der Waals surface area contributed by atoms with Gasteiger partial charge < -0.3 is 4.90 Å². The number of β-lactam (4-membered cyclic amide) rings is 1. The molecule has 0 aliphatic carbocycles. The van der Waals surface area contributed by atoms with E-state index in [1.54, 1.807) is 0 Å². The molecule has 0 N–H and O–H groups in total. The average molecular weight is 203 g/mol. The summed E-state index contributed by atoms with van der Waals surface area (Å²) < 4.78 is 0. The van der Waals surface area contributed by atoms with E-state index in [9.17, 15) is 4.79 Å². The number of likely N-dealkylation sites (tertiary alicyclic amines) is 1. The summed E-state index contributed by atoms with van der Waals surface area (Å²) in [6.45, 7) is 6.88. The van der Waals surface area contributed by atoms with Gasteiger partial charge >= 0.3 is 0 Å². The van der Waals surface area contributed by atoms with Gasteiger partial charge in [0.05, 0.1) is 11.5 Å². The van der Waals surface area contributed by atoms with Crippen molar-refractivity contribution in [3.05, 3.63) is 35.9 Å². The lowest BCUT2D eigenvalue weighted by Gasteiger charge is -2.53. The molecular formula is C13H17NO. The Morgan fingerprint density at radius 1 is 1.27 bits per heavy atom. The predicted octanol–water partition coefficient (Wildman–Crippen LogP) is 2.62. The van der Waals surface area contributed by atoms with Crippen LogP contribution in [0.4, 0.5) is 0 Å². The Balaban J connectivity index is 2.33. The van der Waals surface area contributed by atoms with E-state index in [4.69, 9.17) is 0 Å². The van der Waals surface area contributed by atoms with Crippen LogP contribution in [0.2, 0.25) is 0 Å². The summed E-state index contributed by atoms with van der Waals surface area (Å²) in [5, 5.41) is 0. The number of amides is 1. The summed E-state index contributed by atoms with van der Waals surface area (Å²) in [5.74, 6) is 0.263. The molecule has 1 aliphatic heterocycles. The third kappa shape index (κ3) is 1.36. The molecule has 15 heavy (non-hydrogen) atoms. The van der Waals surface area contributed by atoms with E-state index in [-0.39, 0.29) is 17.4 Å². The van der Waals surface area contributed by atoms with Crippen LogP contribution in [0.25, 0.3) is 0 Å². The molecule has 0 bridgehead atoms. The van der Waals surface area contributed by atoms with Crippen LogP contribution >= 0.6 is 0 Å². The van der Waals surface area contributed by atoms with Crippen molar-refractivity contribution < 1.29 is 4.79 Å². The van der Waals surface area contributed by atoms with Gasteiger partial charge in [-0.2, -0.15) is 0 Å². The summed E-state index contributed by atoms with van der Waals surface area (Å²) >= 11 is 0. The van der Waals surface area contributed by atoms with E-state index in [0.717, 1.165) is 6.54 Å². The molecule has 2 nitrogen and oxygen atoms in total. The molecule has 1 aromatic rings. The maximum Gasteiger partial charge on any atom is 0.231 e. The Hall–Kier alpha value is -1.31. The largest absolute Gasteiger partial charge is 0.334 e. The number of rotatable bonds is 2. The highest BCUT2D eigenvalue weighted by Crippen LogP contribution is 2.48. The minimum absolute atomic E-state index is 0.239. The highest BCUT2D eigenvalue weighted by molar-refractivity contribution is 5.89. The van der Waals surface area contributed by atoms with Crippen LogP contribution < -0.4 is 0 Å². The lowest BCUT2D eigenvalue weighted by Crippen LogP contribution is -2.60. The third-order valence-electron chi connectivity index (χ3n) is 3.26. The average Bonchev–Trinajstić information content (AvgIpc) is 2.25. The van der Waals surface area contributed by atoms with Gasteiger partial charge in [-0.1, -0.05) is 30.3 Å². The zero-order valence-corrected chi connectivity index (χ0v) is 9.53. The fourth-order valence-corrected chi connectivity index (χ4v) is 2.49. The Labute approximate surface area is 90.9 Å². The highest BCUT2D eigenvalue weighted by Gasteiger charge is 2.53. The van der Waals surface area contributed by atoms with E-state index in [1.807, 2.05) is 43.9 Å². The van der Waals surface area contributed by atoms with Gasteiger partial charge in [0.1, 0.15) is 0 Å². The minimum Gasteiger partial charge on any atom is -0.334 e. The molecule has 1 heterocycles. The molecule has 0 radical (unpaired) electrons. The molecule has 1 amide bonds. The van der Waals surface area contributed by atoms with E-state index in [0.29, 0.717) is 0 Å². The van der Waals surface area contributed by atoms with Gasteiger partial charge in [-0.3, -0.25) is 4.79 Å². The summed E-state index contributed by atoms with van der Waals surface area (Å²) in [5.41, 5.74) is 1.00.